The minimum Gasteiger partial charge on any atom is -0.475 e. The summed E-state index contributed by atoms with van der Waals surface area (Å²) in [5.41, 5.74) is 1.11. The smallest absolute Gasteiger partial charge is 0.388 e. The number of nitrogens with zero attached hydrogens (tertiary/aromatic N) is 7. The molecule has 1 atom stereocenters. The zero-order valence-electron chi connectivity index (χ0n) is 24.4. The summed E-state index contributed by atoms with van der Waals surface area (Å²) in [7, 11) is 1.53. The molecule has 1 fully saturated rings. The maximum absolute atomic E-state index is 14.7. The Morgan fingerprint density at radius 3 is 2.57 bits per heavy atom. The molecule has 0 bridgehead atoms. The number of aliphatic hydroxyl groups is 1. The van der Waals surface area contributed by atoms with E-state index >= 15 is 0 Å². The number of benzene rings is 1. The van der Waals surface area contributed by atoms with Crippen LogP contribution in [0, 0.1) is 0 Å². The number of halogens is 4. The van der Waals surface area contributed by atoms with Crippen LogP contribution in [0.1, 0.15) is 17.7 Å². The Labute approximate surface area is 259 Å². The van der Waals surface area contributed by atoms with Crippen molar-refractivity contribution in [1.29, 1.82) is 0 Å². The van der Waals surface area contributed by atoms with Crippen molar-refractivity contribution in [3.63, 3.8) is 0 Å². The Hall–Kier alpha value is -5.12. The molecule has 2 aromatic heterocycles. The quantitative estimate of drug-likeness (QED) is 0.246. The number of aromatic nitrogens is 6. The minimum absolute atomic E-state index is 0.000875. The van der Waals surface area contributed by atoms with Gasteiger partial charge in [-0.3, -0.25) is 4.68 Å². The van der Waals surface area contributed by atoms with Crippen LogP contribution < -0.4 is 14.8 Å². The van der Waals surface area contributed by atoms with E-state index in [9.17, 15) is 27.5 Å². The number of urea groups is 1. The number of nitrogens with one attached hydrogen (secondary N) is 1. The molecular weight excluding hydrogens is 612 g/mol. The molecule has 0 unspecified atom stereocenters. The molecule has 2 N–H and O–H groups in total. The number of amides is 2. The molecule has 0 spiro atoms. The molecule has 1 saturated heterocycles. The maximum atomic E-state index is 14.7. The van der Waals surface area contributed by atoms with E-state index in [0.29, 0.717) is 17.9 Å². The molecule has 0 aliphatic carbocycles. The number of carbonyl (C=O) groups is 1. The second-order valence-corrected chi connectivity index (χ2v) is 11.2. The predicted molar refractivity (Wildman–Crippen MR) is 155 cm³/mol. The summed E-state index contributed by atoms with van der Waals surface area (Å²) in [5.74, 6) is 0.00561. The van der Waals surface area contributed by atoms with Crippen molar-refractivity contribution in [3.05, 3.63) is 66.1 Å². The van der Waals surface area contributed by atoms with Gasteiger partial charge in [-0.05, 0) is 17.7 Å². The monoisotopic (exact) mass is 640 g/mol. The van der Waals surface area contributed by atoms with Gasteiger partial charge in [-0.25, -0.2) is 23.2 Å². The molecule has 0 radical (unpaired) electrons. The van der Waals surface area contributed by atoms with E-state index in [0.717, 1.165) is 5.56 Å². The predicted octanol–water partition coefficient (Wildman–Crippen LogP) is 3.99. The van der Waals surface area contributed by atoms with Gasteiger partial charge >= 0.3 is 12.6 Å². The summed E-state index contributed by atoms with van der Waals surface area (Å²) in [6.45, 7) is -2.44. The van der Waals surface area contributed by atoms with E-state index in [1.807, 2.05) is 34.9 Å². The normalized spacial score (nSPS) is 16.5. The number of carbonyl (C=O) groups excluding carboxylic acids is 1. The Bertz CT molecular complexity index is 1850. The lowest BCUT2D eigenvalue weighted by Crippen LogP contribution is -2.59. The second-order valence-electron chi connectivity index (χ2n) is 11.2. The molecule has 6 heterocycles. The standard InChI is InChI=1S/C30H28F4N8O4/c1-39-14-20(27(38-39)46-29(33)34)21-19-8-5-9-40(10-16-6-3-2-4-7-16)26(19)36-23(21)22-24(25(31)32)37-42-11-17(15-45-28(22)42)35-30(44)41-12-18(43)13-41/h2-9,14,17-18,25,29,43H,10-13,15H2,1H3,(H,35,44)/t17-/m0/s1. The van der Waals surface area contributed by atoms with E-state index in [1.54, 1.807) is 18.3 Å². The number of hydrogen-bond donors (Lipinski definition) is 2. The number of ether oxygens (including phenoxy) is 2. The molecule has 4 aliphatic heterocycles. The van der Waals surface area contributed by atoms with Gasteiger partial charge in [0.25, 0.3) is 6.43 Å². The van der Waals surface area contributed by atoms with E-state index in [1.165, 1.54) is 27.5 Å². The van der Waals surface area contributed by atoms with Gasteiger partial charge in [0, 0.05) is 37.1 Å². The molecule has 46 heavy (non-hydrogen) atoms. The van der Waals surface area contributed by atoms with E-state index in [2.05, 4.69) is 15.5 Å². The molecular formula is C30H28F4N8O4. The third kappa shape index (κ3) is 5.37. The number of alkyl halides is 4. The number of fused-ring (bicyclic) bond motifs is 2. The third-order valence-electron chi connectivity index (χ3n) is 7.89. The van der Waals surface area contributed by atoms with Crippen LogP contribution in [-0.2, 0) is 20.1 Å². The topological polar surface area (TPSA) is 124 Å². The van der Waals surface area contributed by atoms with Crippen molar-refractivity contribution in [2.75, 3.05) is 19.7 Å². The molecule has 7 rings (SSSR count). The number of hydrogen-bond acceptors (Lipinski definition) is 7. The second kappa shape index (κ2) is 11.7. The first-order valence-electron chi connectivity index (χ1n) is 14.4. The highest BCUT2D eigenvalue weighted by molar-refractivity contribution is 5.97. The Balaban J connectivity index is 1.36. The molecule has 4 aliphatic rings. The highest BCUT2D eigenvalue weighted by Gasteiger charge is 2.38. The highest BCUT2D eigenvalue weighted by Crippen LogP contribution is 2.49. The minimum atomic E-state index is -3.19. The summed E-state index contributed by atoms with van der Waals surface area (Å²) >= 11 is 0. The summed E-state index contributed by atoms with van der Waals surface area (Å²) < 4.78 is 71.5. The van der Waals surface area contributed by atoms with Crippen LogP contribution in [0.4, 0.5) is 22.4 Å². The molecule has 3 aromatic rings. The van der Waals surface area contributed by atoms with E-state index in [-0.39, 0.29) is 54.5 Å². The van der Waals surface area contributed by atoms with Crippen molar-refractivity contribution in [1.82, 2.24) is 39.3 Å². The van der Waals surface area contributed by atoms with Crippen LogP contribution in [0.2, 0.25) is 0 Å². The van der Waals surface area contributed by atoms with Gasteiger partial charge in [-0.2, -0.15) is 13.9 Å². The molecule has 1 aromatic carbocycles. The Morgan fingerprint density at radius 2 is 1.85 bits per heavy atom. The maximum Gasteiger partial charge on any atom is 0.388 e. The van der Waals surface area contributed by atoms with Crippen molar-refractivity contribution >= 4 is 6.03 Å². The van der Waals surface area contributed by atoms with Crippen molar-refractivity contribution in [3.8, 4) is 45.5 Å². The van der Waals surface area contributed by atoms with Crippen LogP contribution in [0.3, 0.4) is 0 Å². The van der Waals surface area contributed by atoms with Crippen molar-refractivity contribution in [2.24, 2.45) is 7.05 Å². The van der Waals surface area contributed by atoms with Gasteiger partial charge in [0.1, 0.15) is 18.1 Å². The van der Waals surface area contributed by atoms with Crippen LogP contribution in [-0.4, -0.2) is 83.6 Å². The van der Waals surface area contributed by atoms with E-state index in [4.69, 9.17) is 14.5 Å². The van der Waals surface area contributed by atoms with Crippen molar-refractivity contribution in [2.45, 2.75) is 38.3 Å². The number of β-amino-alcohol motifs (C(OH)–C–C–N with tert-alkyl or cyclic N) is 1. The number of aliphatic hydroxyl groups excluding tert-OH is 1. The molecule has 16 heteroatoms. The lowest BCUT2D eigenvalue weighted by molar-refractivity contribution is -0.0527. The van der Waals surface area contributed by atoms with Crippen LogP contribution in [0.15, 0.2) is 54.9 Å². The number of pyridine rings is 1. The van der Waals surface area contributed by atoms with Crippen molar-refractivity contribution < 1.29 is 36.9 Å². The SMILES string of the molecule is Cn1cc(-c2c3cccn(Cc4ccccc4)c-3nc2-c2c(C(F)F)nn3c2OC[C@@H](NC(=O)N2CC(O)C2)C3)c(OC(F)F)n1. The summed E-state index contributed by atoms with van der Waals surface area (Å²) in [5, 5.41) is 20.5. The highest BCUT2D eigenvalue weighted by atomic mass is 19.3. The third-order valence-corrected chi connectivity index (χ3v) is 7.89. The van der Waals surface area contributed by atoms with Gasteiger partial charge in [0.2, 0.25) is 11.8 Å². The zero-order chi connectivity index (χ0) is 32.1. The molecule has 2 amide bonds. The average Bonchev–Trinajstić information content (AvgIpc) is 3.68. The van der Waals surface area contributed by atoms with Gasteiger partial charge in [0.05, 0.1) is 48.6 Å². The van der Waals surface area contributed by atoms with Gasteiger partial charge < -0.3 is 29.4 Å². The first-order chi connectivity index (χ1) is 22.2. The number of likely N-dealkylation sites (tertiary alicyclic amines) is 1. The van der Waals surface area contributed by atoms with Gasteiger partial charge in [-0.15, -0.1) is 5.10 Å². The molecule has 0 saturated carbocycles. The molecule has 12 nitrogen and oxygen atoms in total. The Kier molecular flexibility index (Phi) is 7.50. The lowest BCUT2D eigenvalue weighted by Gasteiger charge is -2.37. The first-order valence-corrected chi connectivity index (χ1v) is 14.4. The fourth-order valence-electron chi connectivity index (χ4n) is 5.85. The van der Waals surface area contributed by atoms with Gasteiger partial charge in [0.15, 0.2) is 0 Å². The average molecular weight is 641 g/mol. The number of aryl methyl sites for hydroxylation is 1. The fraction of sp³-hybridized carbons (Fsp3) is 0.333. The van der Waals surface area contributed by atoms with Crippen LogP contribution >= 0.6 is 0 Å². The fourth-order valence-corrected chi connectivity index (χ4v) is 5.85. The molecule has 240 valence electrons. The van der Waals surface area contributed by atoms with Gasteiger partial charge in [-0.1, -0.05) is 30.3 Å². The number of rotatable bonds is 8. The van der Waals surface area contributed by atoms with Crippen LogP contribution in [0.5, 0.6) is 11.8 Å². The van der Waals surface area contributed by atoms with Crippen LogP contribution in [0.25, 0.3) is 33.8 Å². The lowest BCUT2D eigenvalue weighted by atomic mass is 9.98. The zero-order valence-corrected chi connectivity index (χ0v) is 24.4. The summed E-state index contributed by atoms with van der Waals surface area (Å²) in [6.07, 6.45) is -0.384. The van der Waals surface area contributed by atoms with E-state index < -0.39 is 42.8 Å². The Morgan fingerprint density at radius 1 is 1.07 bits per heavy atom. The largest absolute Gasteiger partial charge is 0.475 e. The summed E-state index contributed by atoms with van der Waals surface area (Å²) in [6, 6.07) is 12.0. The first kappa shape index (κ1) is 29.6. The summed E-state index contributed by atoms with van der Waals surface area (Å²) in [4.78, 5) is 18.8.